The minimum Gasteiger partial charge on any atom is -0.326 e. The van der Waals surface area contributed by atoms with Crippen LogP contribution < -0.4 is 10.9 Å². The molecule has 0 spiro atoms. The number of nitrogens with one attached hydrogen (secondary N) is 1. The predicted octanol–water partition coefficient (Wildman–Crippen LogP) is 3.15. The summed E-state index contributed by atoms with van der Waals surface area (Å²) in [5, 5.41) is 7.83. The Morgan fingerprint density at radius 1 is 1.33 bits per heavy atom. The van der Waals surface area contributed by atoms with E-state index in [1.807, 2.05) is 12.1 Å². The van der Waals surface area contributed by atoms with E-state index < -0.39 is 0 Å². The second-order valence-electron chi connectivity index (χ2n) is 5.13. The summed E-state index contributed by atoms with van der Waals surface area (Å²) in [5.41, 5.74) is 1.97. The number of amides is 1. The van der Waals surface area contributed by atoms with Gasteiger partial charge in [0.2, 0.25) is 10.9 Å². The molecule has 2 heterocycles. The van der Waals surface area contributed by atoms with Crippen LogP contribution in [0.5, 0.6) is 0 Å². The molecular formula is C16H13ClN4O2S. The van der Waals surface area contributed by atoms with Crippen molar-refractivity contribution in [2.45, 2.75) is 13.8 Å². The van der Waals surface area contributed by atoms with E-state index in [0.29, 0.717) is 26.4 Å². The molecule has 0 radical (unpaired) electrons. The van der Waals surface area contributed by atoms with Crippen LogP contribution in [-0.4, -0.2) is 20.5 Å². The third-order valence-electron chi connectivity index (χ3n) is 3.10. The van der Waals surface area contributed by atoms with Gasteiger partial charge in [-0.1, -0.05) is 35.1 Å². The van der Waals surface area contributed by atoms with E-state index in [-0.39, 0.29) is 11.5 Å². The Morgan fingerprint density at radius 2 is 2.04 bits per heavy atom. The van der Waals surface area contributed by atoms with Gasteiger partial charge in [0.25, 0.3) is 5.56 Å². The Balaban J connectivity index is 1.92. The fourth-order valence-electron chi connectivity index (χ4n) is 2.09. The number of aromatic nitrogens is 3. The van der Waals surface area contributed by atoms with Crippen LogP contribution >= 0.6 is 22.9 Å². The second kappa shape index (κ2) is 6.54. The molecule has 0 bridgehead atoms. The Bertz CT molecular complexity index is 1010. The molecule has 0 saturated heterocycles. The largest absolute Gasteiger partial charge is 0.326 e. The maximum absolute atomic E-state index is 11.9. The first-order valence-corrected chi connectivity index (χ1v) is 8.24. The van der Waals surface area contributed by atoms with Crippen LogP contribution in [-0.2, 0) is 4.79 Å². The van der Waals surface area contributed by atoms with Gasteiger partial charge in [-0.25, -0.2) is 4.98 Å². The monoisotopic (exact) mass is 360 g/mol. The van der Waals surface area contributed by atoms with E-state index in [2.05, 4.69) is 15.4 Å². The molecule has 0 aliphatic carbocycles. The molecule has 0 unspecified atom stereocenters. The summed E-state index contributed by atoms with van der Waals surface area (Å²) in [6.07, 6.45) is 1.74. The Kier molecular flexibility index (Phi) is 4.46. The van der Waals surface area contributed by atoms with Crippen LogP contribution in [0.2, 0.25) is 0 Å². The smallest absolute Gasteiger partial charge is 0.275 e. The minimum atomic E-state index is -0.232. The Morgan fingerprint density at radius 3 is 2.71 bits per heavy atom. The topological polar surface area (TPSA) is 76.4 Å². The summed E-state index contributed by atoms with van der Waals surface area (Å²) in [6.45, 7) is 3.21. The summed E-state index contributed by atoms with van der Waals surface area (Å²) >= 11 is 7.57. The number of fused-ring (bicyclic) bond motifs is 1. The number of nitrogens with zero attached hydrogens (tertiary/aromatic N) is 3. The van der Waals surface area contributed by atoms with Crippen molar-refractivity contribution in [3.8, 4) is 0 Å². The van der Waals surface area contributed by atoms with E-state index in [0.717, 1.165) is 5.56 Å². The number of aryl methyl sites for hydroxylation is 1. The predicted molar refractivity (Wildman–Crippen MR) is 96.3 cm³/mol. The molecule has 1 N–H and O–H groups in total. The lowest BCUT2D eigenvalue weighted by Gasteiger charge is -2.02. The summed E-state index contributed by atoms with van der Waals surface area (Å²) < 4.78 is 1.24. The van der Waals surface area contributed by atoms with Crippen molar-refractivity contribution in [3.63, 3.8) is 0 Å². The first kappa shape index (κ1) is 16.4. The van der Waals surface area contributed by atoms with E-state index in [1.165, 1.54) is 28.8 Å². The second-order valence-corrected chi connectivity index (χ2v) is 6.50. The molecule has 24 heavy (non-hydrogen) atoms. The number of anilines is 1. The van der Waals surface area contributed by atoms with Crippen LogP contribution in [0, 0.1) is 6.92 Å². The maximum atomic E-state index is 11.9. The third kappa shape index (κ3) is 3.52. The highest BCUT2D eigenvalue weighted by Crippen LogP contribution is 2.26. The highest BCUT2D eigenvalue weighted by Gasteiger charge is 2.10. The molecule has 0 aliphatic heterocycles. The molecule has 2 aromatic heterocycles. The molecule has 0 atom stereocenters. The molecule has 0 fully saturated rings. The molecule has 1 amide bonds. The third-order valence-corrected chi connectivity index (χ3v) is 4.44. The van der Waals surface area contributed by atoms with Gasteiger partial charge >= 0.3 is 0 Å². The van der Waals surface area contributed by atoms with Gasteiger partial charge in [0.05, 0.1) is 5.03 Å². The van der Waals surface area contributed by atoms with Crippen LogP contribution in [0.15, 0.2) is 35.1 Å². The highest BCUT2D eigenvalue weighted by molar-refractivity contribution is 7.18. The summed E-state index contributed by atoms with van der Waals surface area (Å²) in [4.78, 5) is 27.7. The van der Waals surface area contributed by atoms with Gasteiger partial charge in [0.15, 0.2) is 5.01 Å². The fourth-order valence-corrected chi connectivity index (χ4v) is 3.23. The van der Waals surface area contributed by atoms with E-state index in [1.54, 1.807) is 25.1 Å². The van der Waals surface area contributed by atoms with E-state index >= 15 is 0 Å². The van der Waals surface area contributed by atoms with Gasteiger partial charge < -0.3 is 5.32 Å². The fraction of sp³-hybridized carbons (Fsp3) is 0.125. The SMILES string of the molecule is CC(=O)Nc1ccc(/C=C(\Cl)c2nn3c(=O)cc(C)nc3s2)cc1. The van der Waals surface area contributed by atoms with Gasteiger partial charge in [0.1, 0.15) is 0 Å². The summed E-state index contributed by atoms with van der Waals surface area (Å²) in [5.74, 6) is -0.126. The molecule has 0 aliphatic rings. The van der Waals surface area contributed by atoms with Crippen molar-refractivity contribution < 1.29 is 4.79 Å². The standard InChI is InChI=1S/C16H13ClN4O2S/c1-9-7-14(23)21-16(18-9)24-15(20-21)13(17)8-11-3-5-12(6-4-11)19-10(2)22/h3-8H,1-2H3,(H,19,22)/b13-8-. The average molecular weight is 361 g/mol. The van der Waals surface area contributed by atoms with Crippen molar-refractivity contribution in [1.82, 2.24) is 14.6 Å². The zero-order valence-electron chi connectivity index (χ0n) is 12.9. The number of hydrogen-bond donors (Lipinski definition) is 1. The lowest BCUT2D eigenvalue weighted by Crippen LogP contribution is -2.14. The minimum absolute atomic E-state index is 0.126. The van der Waals surface area contributed by atoms with Gasteiger partial charge in [-0.05, 0) is 30.7 Å². The zero-order chi connectivity index (χ0) is 17.3. The van der Waals surface area contributed by atoms with Crippen LogP contribution in [0.1, 0.15) is 23.2 Å². The van der Waals surface area contributed by atoms with Gasteiger partial charge in [0, 0.05) is 24.4 Å². The zero-order valence-corrected chi connectivity index (χ0v) is 14.5. The number of rotatable bonds is 3. The maximum Gasteiger partial charge on any atom is 0.275 e. The highest BCUT2D eigenvalue weighted by atomic mass is 35.5. The van der Waals surface area contributed by atoms with Crippen molar-refractivity contribution in [1.29, 1.82) is 0 Å². The molecule has 8 heteroatoms. The van der Waals surface area contributed by atoms with Crippen LogP contribution in [0.25, 0.3) is 16.1 Å². The number of halogens is 1. The van der Waals surface area contributed by atoms with Crippen molar-refractivity contribution in [2.24, 2.45) is 0 Å². The van der Waals surface area contributed by atoms with Gasteiger partial charge in [-0.3, -0.25) is 9.59 Å². The number of hydrogen-bond acceptors (Lipinski definition) is 5. The lowest BCUT2D eigenvalue weighted by molar-refractivity contribution is -0.114. The van der Waals surface area contributed by atoms with E-state index in [9.17, 15) is 9.59 Å². The van der Waals surface area contributed by atoms with Crippen LogP contribution in [0.3, 0.4) is 0 Å². The molecule has 1 aromatic carbocycles. The molecular weight excluding hydrogens is 348 g/mol. The van der Waals surface area contributed by atoms with Crippen LogP contribution in [0.4, 0.5) is 5.69 Å². The number of carbonyl (C=O) groups excluding carboxylic acids is 1. The van der Waals surface area contributed by atoms with Crippen molar-refractivity contribution in [3.05, 3.63) is 57.0 Å². The summed E-state index contributed by atoms with van der Waals surface area (Å²) in [7, 11) is 0. The molecule has 6 nitrogen and oxygen atoms in total. The average Bonchev–Trinajstić information content (AvgIpc) is 2.93. The number of benzene rings is 1. The molecule has 3 rings (SSSR count). The molecule has 3 aromatic rings. The number of carbonyl (C=O) groups is 1. The molecule has 122 valence electrons. The Hall–Kier alpha value is -2.51. The first-order valence-electron chi connectivity index (χ1n) is 7.05. The first-order chi connectivity index (χ1) is 11.4. The van der Waals surface area contributed by atoms with Gasteiger partial charge in [-0.2, -0.15) is 9.61 Å². The van der Waals surface area contributed by atoms with Crippen molar-refractivity contribution in [2.75, 3.05) is 5.32 Å². The Labute approximate surface area is 146 Å². The normalized spacial score (nSPS) is 11.7. The lowest BCUT2D eigenvalue weighted by atomic mass is 10.2. The van der Waals surface area contributed by atoms with Gasteiger partial charge in [-0.15, -0.1) is 0 Å². The molecule has 0 saturated carbocycles. The van der Waals surface area contributed by atoms with Crippen molar-refractivity contribution >= 4 is 50.6 Å². The quantitative estimate of drug-likeness (QED) is 0.778. The van der Waals surface area contributed by atoms with E-state index in [4.69, 9.17) is 11.6 Å². The summed E-state index contributed by atoms with van der Waals surface area (Å²) in [6, 6.07) is 8.65.